The molecule has 78 valence electrons. The Kier molecular flexibility index (Phi) is 2.83. The summed E-state index contributed by atoms with van der Waals surface area (Å²) in [6.45, 7) is 0.425. The minimum atomic E-state index is -0.668. The highest BCUT2D eigenvalue weighted by Gasteiger charge is 2.24. The first-order valence-electron chi connectivity index (χ1n) is 4.05. The van der Waals surface area contributed by atoms with E-state index in [9.17, 15) is 9.59 Å². The lowest BCUT2D eigenvalue weighted by atomic mass is 10.5. The van der Waals surface area contributed by atoms with E-state index in [1.54, 1.807) is 11.3 Å². The van der Waals surface area contributed by atoms with Crippen molar-refractivity contribution < 1.29 is 9.59 Å². The molecule has 7 heteroatoms. The number of amides is 2. The molecule has 15 heavy (non-hydrogen) atoms. The summed E-state index contributed by atoms with van der Waals surface area (Å²) in [7, 11) is 0. The van der Waals surface area contributed by atoms with Crippen molar-refractivity contribution >= 4 is 45.0 Å². The van der Waals surface area contributed by atoms with Crippen LogP contribution in [0.4, 0.5) is 0 Å². The molecule has 0 bridgehead atoms. The molecular weight excluding hydrogens is 282 g/mol. The van der Waals surface area contributed by atoms with Gasteiger partial charge in [0, 0.05) is 9.35 Å². The van der Waals surface area contributed by atoms with E-state index in [1.807, 2.05) is 11.4 Å². The van der Waals surface area contributed by atoms with Gasteiger partial charge in [-0.1, -0.05) is 0 Å². The van der Waals surface area contributed by atoms with Gasteiger partial charge >= 0.3 is 11.8 Å². The Bertz CT molecular complexity index is 436. The Morgan fingerprint density at radius 3 is 2.53 bits per heavy atom. The molecule has 0 spiro atoms. The molecule has 2 N–H and O–H groups in total. The molecule has 0 aromatic carbocycles. The van der Waals surface area contributed by atoms with E-state index in [4.69, 9.17) is 0 Å². The van der Waals surface area contributed by atoms with Crippen LogP contribution in [0.25, 0.3) is 0 Å². The van der Waals surface area contributed by atoms with Crippen molar-refractivity contribution in [3.8, 4) is 0 Å². The summed E-state index contributed by atoms with van der Waals surface area (Å²) < 4.78 is 0.979. The first-order chi connectivity index (χ1) is 7.16. The lowest BCUT2D eigenvalue weighted by Gasteiger charge is -1.95. The van der Waals surface area contributed by atoms with Crippen LogP contribution in [-0.4, -0.2) is 17.8 Å². The standard InChI is InChI=1S/C8H6BrN3O2S/c9-4-1-2-15-5(4)3-10-8-11-6(13)7(14)12-8/h1-2H,3H2,(H2,10,11,12,13,14). The van der Waals surface area contributed by atoms with Crippen LogP contribution >= 0.6 is 27.3 Å². The lowest BCUT2D eigenvalue weighted by Crippen LogP contribution is -2.25. The molecule has 1 fully saturated rings. The van der Waals surface area contributed by atoms with Gasteiger partial charge in [0.2, 0.25) is 5.96 Å². The summed E-state index contributed by atoms with van der Waals surface area (Å²) in [6.07, 6.45) is 0. The normalized spacial score (nSPS) is 15.1. The number of hydrogen-bond acceptors (Lipinski definition) is 4. The van der Waals surface area contributed by atoms with Crippen LogP contribution in [0, 0.1) is 0 Å². The number of halogens is 1. The Hall–Kier alpha value is -1.21. The van der Waals surface area contributed by atoms with Gasteiger partial charge in [0.15, 0.2) is 0 Å². The van der Waals surface area contributed by atoms with Crippen molar-refractivity contribution in [3.63, 3.8) is 0 Å². The van der Waals surface area contributed by atoms with Crippen molar-refractivity contribution in [3.05, 3.63) is 20.8 Å². The van der Waals surface area contributed by atoms with Gasteiger partial charge < -0.3 is 0 Å². The number of carbonyl (C=O) groups excluding carboxylic acids is 2. The number of hydrogen-bond donors (Lipinski definition) is 2. The molecule has 0 saturated carbocycles. The average Bonchev–Trinajstić information content (AvgIpc) is 2.72. The quantitative estimate of drug-likeness (QED) is 0.783. The SMILES string of the molecule is O=C1NC(=NCc2sccc2Br)NC1=O. The predicted molar refractivity (Wildman–Crippen MR) is 59.4 cm³/mol. The molecule has 0 atom stereocenters. The summed E-state index contributed by atoms with van der Waals surface area (Å²) in [6, 6.07) is 1.92. The van der Waals surface area contributed by atoms with Gasteiger partial charge in [-0.05, 0) is 27.4 Å². The summed E-state index contributed by atoms with van der Waals surface area (Å²) in [5.74, 6) is -1.12. The van der Waals surface area contributed by atoms with Crippen LogP contribution in [0.2, 0.25) is 0 Å². The lowest BCUT2D eigenvalue weighted by molar-refractivity contribution is -0.135. The highest BCUT2D eigenvalue weighted by Crippen LogP contribution is 2.23. The van der Waals surface area contributed by atoms with Crippen LogP contribution in [0.5, 0.6) is 0 Å². The van der Waals surface area contributed by atoms with Gasteiger partial charge in [-0.3, -0.25) is 20.2 Å². The molecule has 0 radical (unpaired) electrons. The van der Waals surface area contributed by atoms with E-state index in [0.717, 1.165) is 9.35 Å². The topological polar surface area (TPSA) is 70.6 Å². The fourth-order valence-electron chi connectivity index (χ4n) is 1.03. The van der Waals surface area contributed by atoms with Crippen molar-refractivity contribution in [1.82, 2.24) is 10.6 Å². The van der Waals surface area contributed by atoms with E-state index in [0.29, 0.717) is 6.54 Å². The van der Waals surface area contributed by atoms with Crippen molar-refractivity contribution in [2.45, 2.75) is 6.54 Å². The van der Waals surface area contributed by atoms with Crippen LogP contribution < -0.4 is 10.6 Å². The third-order valence-electron chi connectivity index (χ3n) is 1.74. The van der Waals surface area contributed by atoms with Crippen molar-refractivity contribution in [1.29, 1.82) is 0 Å². The second-order valence-corrected chi connectivity index (χ2v) is 4.62. The second-order valence-electron chi connectivity index (χ2n) is 2.76. The molecule has 2 heterocycles. The highest BCUT2D eigenvalue weighted by atomic mass is 79.9. The van der Waals surface area contributed by atoms with Gasteiger partial charge in [0.25, 0.3) is 0 Å². The zero-order chi connectivity index (χ0) is 10.8. The zero-order valence-corrected chi connectivity index (χ0v) is 9.81. The fourth-order valence-corrected chi connectivity index (χ4v) is 2.43. The molecule has 1 aromatic rings. The third-order valence-corrected chi connectivity index (χ3v) is 3.65. The minimum absolute atomic E-state index is 0.213. The Labute approximate surface area is 97.7 Å². The maximum absolute atomic E-state index is 10.8. The molecule has 1 aliphatic heterocycles. The number of thiophene rings is 1. The molecule has 1 aliphatic rings. The number of guanidine groups is 1. The van der Waals surface area contributed by atoms with E-state index >= 15 is 0 Å². The van der Waals surface area contributed by atoms with Crippen molar-refractivity contribution in [2.24, 2.45) is 4.99 Å². The average molecular weight is 288 g/mol. The zero-order valence-electron chi connectivity index (χ0n) is 7.41. The van der Waals surface area contributed by atoms with Crippen LogP contribution in [0.3, 0.4) is 0 Å². The molecule has 2 amide bonds. The molecule has 1 aromatic heterocycles. The summed E-state index contributed by atoms with van der Waals surface area (Å²) in [5.41, 5.74) is 0. The molecular formula is C8H6BrN3O2S. The number of rotatable bonds is 2. The van der Waals surface area contributed by atoms with Gasteiger partial charge in [0.05, 0.1) is 6.54 Å². The Morgan fingerprint density at radius 2 is 2.00 bits per heavy atom. The Morgan fingerprint density at radius 1 is 1.33 bits per heavy atom. The first-order valence-corrected chi connectivity index (χ1v) is 5.73. The number of carbonyl (C=O) groups is 2. The summed E-state index contributed by atoms with van der Waals surface area (Å²) in [5, 5.41) is 6.59. The van der Waals surface area contributed by atoms with Gasteiger partial charge in [0.1, 0.15) is 0 Å². The van der Waals surface area contributed by atoms with Gasteiger partial charge in [-0.15, -0.1) is 11.3 Å². The maximum Gasteiger partial charge on any atom is 0.316 e. The smallest absolute Gasteiger partial charge is 0.288 e. The van der Waals surface area contributed by atoms with E-state index in [-0.39, 0.29) is 5.96 Å². The first kappa shape index (κ1) is 10.3. The minimum Gasteiger partial charge on any atom is -0.288 e. The molecule has 5 nitrogen and oxygen atoms in total. The largest absolute Gasteiger partial charge is 0.316 e. The third kappa shape index (κ3) is 2.24. The maximum atomic E-state index is 10.8. The van der Waals surface area contributed by atoms with Gasteiger partial charge in [-0.25, -0.2) is 4.99 Å². The number of nitrogens with one attached hydrogen (secondary N) is 2. The van der Waals surface area contributed by atoms with Crippen LogP contribution in [0.15, 0.2) is 20.9 Å². The van der Waals surface area contributed by atoms with Crippen LogP contribution in [-0.2, 0) is 16.1 Å². The van der Waals surface area contributed by atoms with Gasteiger partial charge in [-0.2, -0.15) is 0 Å². The fraction of sp³-hybridized carbons (Fsp3) is 0.125. The molecule has 1 saturated heterocycles. The number of aliphatic imine (C=N–C) groups is 1. The predicted octanol–water partition coefficient (Wildman–Crippen LogP) is 0.613. The summed E-state index contributed by atoms with van der Waals surface area (Å²) in [4.78, 5) is 26.7. The molecule has 2 rings (SSSR count). The monoisotopic (exact) mass is 287 g/mol. The van der Waals surface area contributed by atoms with E-state index in [1.165, 1.54) is 0 Å². The van der Waals surface area contributed by atoms with E-state index < -0.39 is 11.8 Å². The summed E-state index contributed by atoms with van der Waals surface area (Å²) >= 11 is 4.92. The highest BCUT2D eigenvalue weighted by molar-refractivity contribution is 9.10. The van der Waals surface area contributed by atoms with E-state index in [2.05, 4.69) is 31.6 Å². The second kappa shape index (κ2) is 4.11. The number of nitrogens with zero attached hydrogens (tertiary/aromatic N) is 1. The van der Waals surface area contributed by atoms with Crippen LogP contribution in [0.1, 0.15) is 4.88 Å². The molecule has 0 unspecified atom stereocenters. The Balaban J connectivity index is 2.04. The van der Waals surface area contributed by atoms with Crippen molar-refractivity contribution in [2.75, 3.05) is 0 Å². The molecule has 0 aliphatic carbocycles.